The van der Waals surface area contributed by atoms with E-state index in [1.807, 2.05) is 6.07 Å². The number of imidazole rings is 1. The molecule has 0 bridgehead atoms. The first-order valence-electron chi connectivity index (χ1n) is 7.86. The van der Waals surface area contributed by atoms with Crippen LogP contribution in [0, 0.1) is 0 Å². The molecule has 1 fully saturated rings. The van der Waals surface area contributed by atoms with Crippen molar-refractivity contribution < 1.29 is 0 Å². The lowest BCUT2D eigenvalue weighted by molar-refractivity contribution is 0.255. The summed E-state index contributed by atoms with van der Waals surface area (Å²) in [6.07, 6.45) is 2.60. The predicted octanol–water partition coefficient (Wildman–Crippen LogP) is 1.99. The minimum absolute atomic E-state index is 0.146. The Morgan fingerprint density at radius 2 is 2.19 bits per heavy atom. The maximum absolute atomic E-state index is 11.3. The Morgan fingerprint density at radius 3 is 3.00 bits per heavy atom. The van der Waals surface area contributed by atoms with Crippen molar-refractivity contribution in [1.82, 2.24) is 20.2 Å². The molecule has 2 atom stereocenters. The van der Waals surface area contributed by atoms with E-state index in [0.717, 1.165) is 24.1 Å². The lowest BCUT2D eigenvalue weighted by Crippen LogP contribution is -2.38. The van der Waals surface area contributed by atoms with Gasteiger partial charge in [-0.3, -0.25) is 4.90 Å². The van der Waals surface area contributed by atoms with Gasteiger partial charge < -0.3 is 15.3 Å². The summed E-state index contributed by atoms with van der Waals surface area (Å²) in [6, 6.07) is 7.04. The van der Waals surface area contributed by atoms with Gasteiger partial charge in [0.05, 0.1) is 11.0 Å². The van der Waals surface area contributed by atoms with Gasteiger partial charge in [-0.1, -0.05) is 13.0 Å². The minimum atomic E-state index is -0.146. The lowest BCUT2D eigenvalue weighted by atomic mass is 10.1. The number of hydrogen-bond donors (Lipinski definition) is 3. The zero-order valence-electron chi connectivity index (χ0n) is 12.8. The number of nitrogens with one attached hydrogen (secondary N) is 3. The van der Waals surface area contributed by atoms with Crippen LogP contribution in [0.15, 0.2) is 23.0 Å². The third-order valence-electron chi connectivity index (χ3n) is 4.60. The topological polar surface area (TPSA) is 63.9 Å². The van der Waals surface area contributed by atoms with Gasteiger partial charge in [-0.25, -0.2) is 4.79 Å². The summed E-state index contributed by atoms with van der Waals surface area (Å²) in [5.41, 5.74) is 2.80. The normalized spacial score (nSPS) is 21.1. The number of rotatable bonds is 5. The second-order valence-corrected chi connectivity index (χ2v) is 5.94. The van der Waals surface area contributed by atoms with E-state index >= 15 is 0 Å². The molecule has 114 valence electrons. The summed E-state index contributed by atoms with van der Waals surface area (Å²) >= 11 is 0. The van der Waals surface area contributed by atoms with E-state index in [1.54, 1.807) is 0 Å². The first-order valence-corrected chi connectivity index (χ1v) is 7.86. The molecule has 2 aromatic rings. The minimum Gasteiger partial charge on any atom is -0.309 e. The van der Waals surface area contributed by atoms with Crippen LogP contribution < -0.4 is 11.0 Å². The van der Waals surface area contributed by atoms with E-state index in [9.17, 15) is 4.79 Å². The molecular weight excluding hydrogens is 264 g/mol. The molecule has 1 aromatic carbocycles. The summed E-state index contributed by atoms with van der Waals surface area (Å²) < 4.78 is 0. The molecular formula is C16H24N4O. The van der Waals surface area contributed by atoms with Crippen molar-refractivity contribution >= 4 is 11.0 Å². The average molecular weight is 288 g/mol. The summed E-state index contributed by atoms with van der Waals surface area (Å²) in [5, 5.41) is 3.63. The first-order chi connectivity index (χ1) is 10.2. The molecule has 0 radical (unpaired) electrons. The fourth-order valence-electron chi connectivity index (χ4n) is 3.29. The smallest absolute Gasteiger partial charge is 0.309 e. The molecule has 0 amide bonds. The summed E-state index contributed by atoms with van der Waals surface area (Å²) in [5.74, 6) is 0. The van der Waals surface area contributed by atoms with Gasteiger partial charge in [-0.2, -0.15) is 0 Å². The van der Waals surface area contributed by atoms with Crippen LogP contribution in [0.4, 0.5) is 0 Å². The number of hydrogen-bond acceptors (Lipinski definition) is 3. The van der Waals surface area contributed by atoms with E-state index in [4.69, 9.17) is 0 Å². The Kier molecular flexibility index (Phi) is 4.12. The highest BCUT2D eigenvalue weighted by molar-refractivity contribution is 5.75. The van der Waals surface area contributed by atoms with Gasteiger partial charge in [-0.05, 0) is 50.6 Å². The molecule has 5 nitrogen and oxygen atoms in total. The summed E-state index contributed by atoms with van der Waals surface area (Å²) in [4.78, 5) is 19.5. The van der Waals surface area contributed by atoms with Crippen molar-refractivity contribution in [2.45, 2.75) is 38.8 Å². The zero-order chi connectivity index (χ0) is 14.8. The molecule has 5 heteroatoms. The Labute approximate surface area is 124 Å². The van der Waals surface area contributed by atoms with E-state index in [1.165, 1.54) is 24.9 Å². The Morgan fingerprint density at radius 1 is 1.38 bits per heavy atom. The van der Waals surface area contributed by atoms with Crippen LogP contribution in [0.3, 0.4) is 0 Å². The Bertz CT molecular complexity index is 660. The highest BCUT2D eigenvalue weighted by atomic mass is 16.1. The molecule has 2 unspecified atom stereocenters. The van der Waals surface area contributed by atoms with Crippen LogP contribution >= 0.6 is 0 Å². The fourth-order valence-corrected chi connectivity index (χ4v) is 3.29. The highest BCUT2D eigenvalue weighted by Crippen LogP contribution is 2.19. The third kappa shape index (κ3) is 3.04. The van der Waals surface area contributed by atoms with Gasteiger partial charge in [-0.15, -0.1) is 0 Å². The van der Waals surface area contributed by atoms with Crippen LogP contribution in [-0.2, 0) is 0 Å². The van der Waals surface area contributed by atoms with Crippen molar-refractivity contribution in [2.75, 3.05) is 19.6 Å². The molecule has 1 aliphatic rings. The van der Waals surface area contributed by atoms with Gasteiger partial charge in [0.2, 0.25) is 0 Å². The number of benzene rings is 1. The second kappa shape index (κ2) is 6.03. The van der Waals surface area contributed by atoms with E-state index < -0.39 is 0 Å². The number of fused-ring (bicyclic) bond motifs is 1. The second-order valence-electron chi connectivity index (χ2n) is 5.94. The number of likely N-dealkylation sites (N-methyl/N-ethyl adjacent to an activating group) is 1. The molecule has 0 aliphatic carbocycles. The lowest BCUT2D eigenvalue weighted by Gasteiger charge is -2.25. The van der Waals surface area contributed by atoms with E-state index in [2.05, 4.69) is 46.2 Å². The highest BCUT2D eigenvalue weighted by Gasteiger charge is 2.23. The molecule has 1 aromatic heterocycles. The quantitative estimate of drug-likeness (QED) is 0.788. The molecule has 3 rings (SSSR count). The predicted molar refractivity (Wildman–Crippen MR) is 85.6 cm³/mol. The van der Waals surface area contributed by atoms with Crippen molar-refractivity contribution in [3.63, 3.8) is 0 Å². The fraction of sp³-hybridized carbons (Fsp3) is 0.562. The zero-order valence-corrected chi connectivity index (χ0v) is 12.8. The number of nitrogens with zero attached hydrogens (tertiary/aromatic N) is 1. The van der Waals surface area contributed by atoms with Crippen LogP contribution in [0.2, 0.25) is 0 Å². The third-order valence-corrected chi connectivity index (χ3v) is 4.60. The van der Waals surface area contributed by atoms with Crippen LogP contribution in [0.25, 0.3) is 11.0 Å². The van der Waals surface area contributed by atoms with Crippen LogP contribution in [0.5, 0.6) is 0 Å². The largest absolute Gasteiger partial charge is 0.323 e. The molecule has 3 N–H and O–H groups in total. The average Bonchev–Trinajstić information content (AvgIpc) is 3.08. The van der Waals surface area contributed by atoms with Gasteiger partial charge in [0.25, 0.3) is 0 Å². The molecule has 0 spiro atoms. The van der Waals surface area contributed by atoms with Crippen molar-refractivity contribution in [3.05, 3.63) is 34.2 Å². The molecule has 2 heterocycles. The SMILES string of the molecule is CCN1CCCC1CNC(C)c1ccc2[nH]c(=O)[nH]c2c1. The number of likely N-dealkylation sites (tertiary alicyclic amines) is 1. The van der Waals surface area contributed by atoms with Crippen molar-refractivity contribution in [1.29, 1.82) is 0 Å². The number of aromatic nitrogens is 2. The Hall–Kier alpha value is -1.59. The monoisotopic (exact) mass is 288 g/mol. The van der Waals surface area contributed by atoms with Crippen LogP contribution in [-0.4, -0.2) is 40.5 Å². The molecule has 1 aliphatic heterocycles. The van der Waals surface area contributed by atoms with Crippen LogP contribution in [0.1, 0.15) is 38.3 Å². The van der Waals surface area contributed by atoms with E-state index in [0.29, 0.717) is 6.04 Å². The maximum Gasteiger partial charge on any atom is 0.323 e. The first kappa shape index (κ1) is 14.4. The summed E-state index contributed by atoms with van der Waals surface area (Å²) in [6.45, 7) is 7.80. The summed E-state index contributed by atoms with van der Waals surface area (Å²) in [7, 11) is 0. The van der Waals surface area contributed by atoms with Gasteiger partial charge in [0.15, 0.2) is 0 Å². The molecule has 0 saturated carbocycles. The Balaban J connectivity index is 1.66. The van der Waals surface area contributed by atoms with Gasteiger partial charge in [0, 0.05) is 18.6 Å². The maximum atomic E-state index is 11.3. The van der Waals surface area contributed by atoms with Crippen molar-refractivity contribution in [2.24, 2.45) is 0 Å². The number of aromatic amines is 2. The van der Waals surface area contributed by atoms with E-state index in [-0.39, 0.29) is 11.7 Å². The van der Waals surface area contributed by atoms with Crippen molar-refractivity contribution in [3.8, 4) is 0 Å². The standard InChI is InChI=1S/C16H24N4O/c1-3-20-8-4-5-13(20)10-17-11(2)12-6-7-14-15(9-12)19-16(21)18-14/h6-7,9,11,13,17H,3-5,8,10H2,1-2H3,(H2,18,19,21). The number of H-pyrrole nitrogens is 2. The van der Waals surface area contributed by atoms with Gasteiger partial charge >= 0.3 is 5.69 Å². The molecule has 21 heavy (non-hydrogen) atoms. The van der Waals surface area contributed by atoms with Gasteiger partial charge in [0.1, 0.15) is 0 Å². The molecule has 1 saturated heterocycles.